The van der Waals surface area contributed by atoms with Crippen LogP contribution in [0.5, 0.6) is 0 Å². The van der Waals surface area contributed by atoms with Gasteiger partial charge in [-0.3, -0.25) is 4.79 Å². The van der Waals surface area contributed by atoms with E-state index in [9.17, 15) is 9.90 Å². The molecule has 1 aliphatic heterocycles. The van der Waals surface area contributed by atoms with E-state index in [-0.39, 0.29) is 17.9 Å². The summed E-state index contributed by atoms with van der Waals surface area (Å²) in [5.41, 5.74) is -0.770. The van der Waals surface area contributed by atoms with E-state index in [0.29, 0.717) is 18.9 Å². The zero-order valence-electron chi connectivity index (χ0n) is 14.4. The number of nitrogens with zero attached hydrogens (tertiary/aromatic N) is 1. The van der Waals surface area contributed by atoms with Crippen molar-refractivity contribution in [2.24, 2.45) is 11.3 Å². The predicted octanol–water partition coefficient (Wildman–Crippen LogP) is 2.74. The molecule has 1 rings (SSSR count). The van der Waals surface area contributed by atoms with E-state index < -0.39 is 19.1 Å². The third kappa shape index (κ3) is 4.30. The Balaban J connectivity index is 3.18. The molecule has 4 nitrogen and oxygen atoms in total. The second-order valence-electron chi connectivity index (χ2n) is 7.93. The summed E-state index contributed by atoms with van der Waals surface area (Å²) >= 11 is 3.45. The summed E-state index contributed by atoms with van der Waals surface area (Å²) in [4.78, 5) is 14.6. The Morgan fingerprint density at radius 1 is 1.38 bits per heavy atom. The zero-order valence-corrected chi connectivity index (χ0v) is 17.1. The Morgan fingerprint density at radius 2 is 1.90 bits per heavy atom. The normalized spacial score (nSPS) is 27.5. The predicted molar refractivity (Wildman–Crippen MR) is 92.1 cm³/mol. The fraction of sp³-hybridized carbons (Fsp3) is 0.933. The first-order valence-electron chi connectivity index (χ1n) is 7.63. The molecule has 0 saturated carbocycles. The number of alkyl halides is 1. The lowest BCUT2D eigenvalue weighted by molar-refractivity contribution is -0.156. The number of aliphatic hydroxyl groups is 1. The molecule has 0 radical (unpaired) electrons. The summed E-state index contributed by atoms with van der Waals surface area (Å²) in [5.74, 6) is 0.300. The Morgan fingerprint density at radius 3 is 2.24 bits per heavy atom. The fourth-order valence-corrected chi connectivity index (χ4v) is 4.24. The van der Waals surface area contributed by atoms with Crippen molar-refractivity contribution in [1.29, 1.82) is 0 Å². The van der Waals surface area contributed by atoms with E-state index in [1.807, 2.05) is 13.8 Å². The van der Waals surface area contributed by atoms with Gasteiger partial charge >= 0.3 is 0 Å². The largest absolute Gasteiger partial charge is 0.397 e. The number of hydrogen-bond donors (Lipinski definition) is 1. The maximum absolute atomic E-state index is 12.8. The van der Waals surface area contributed by atoms with Crippen LogP contribution >= 0.6 is 15.9 Å². The number of hydrogen-bond acceptors (Lipinski definition) is 3. The van der Waals surface area contributed by atoms with Crippen LogP contribution < -0.4 is 0 Å². The van der Waals surface area contributed by atoms with E-state index in [4.69, 9.17) is 4.43 Å². The molecule has 0 unspecified atom stereocenters. The molecule has 124 valence electrons. The highest BCUT2D eigenvalue weighted by Crippen LogP contribution is 2.44. The fourth-order valence-electron chi connectivity index (χ4n) is 2.85. The summed E-state index contributed by atoms with van der Waals surface area (Å²) in [6, 6.07) is 0. The average Bonchev–Trinajstić information content (AvgIpc) is 2.65. The molecule has 0 aromatic rings. The maximum Gasteiger partial charge on any atom is 0.241 e. The van der Waals surface area contributed by atoms with E-state index >= 15 is 0 Å². The number of carbonyl (C=O) groups excluding carboxylic acids is 1. The van der Waals surface area contributed by atoms with E-state index in [1.54, 1.807) is 4.90 Å². The molecule has 1 saturated heterocycles. The third-order valence-electron chi connectivity index (χ3n) is 4.14. The molecule has 1 fully saturated rings. The van der Waals surface area contributed by atoms with Crippen LogP contribution in [0.3, 0.4) is 0 Å². The van der Waals surface area contributed by atoms with Gasteiger partial charge in [0, 0.05) is 13.0 Å². The van der Waals surface area contributed by atoms with E-state index in [0.717, 1.165) is 0 Å². The van der Waals surface area contributed by atoms with Gasteiger partial charge in [-0.25, -0.2) is 0 Å². The zero-order chi connectivity index (χ0) is 16.6. The molecular weight excluding hydrogens is 350 g/mol. The monoisotopic (exact) mass is 379 g/mol. The smallest absolute Gasteiger partial charge is 0.241 e. The quantitative estimate of drug-likeness (QED) is 0.603. The van der Waals surface area contributed by atoms with Crippen LogP contribution in [-0.4, -0.2) is 48.2 Å². The molecular formula is C15H30BrNO3Si. The van der Waals surface area contributed by atoms with Crippen LogP contribution in [0, 0.1) is 11.3 Å². The lowest BCUT2D eigenvalue weighted by Gasteiger charge is -2.40. The van der Waals surface area contributed by atoms with Gasteiger partial charge in [-0.2, -0.15) is 0 Å². The van der Waals surface area contributed by atoms with Gasteiger partial charge in [0.05, 0.1) is 10.9 Å². The summed E-state index contributed by atoms with van der Waals surface area (Å²) in [6.45, 7) is 14.9. The minimum atomic E-state index is -1.39. The van der Waals surface area contributed by atoms with Gasteiger partial charge < -0.3 is 14.4 Å². The Kier molecular flexibility index (Phi) is 5.74. The van der Waals surface area contributed by atoms with Crippen LogP contribution in [-0.2, 0) is 9.22 Å². The van der Waals surface area contributed by atoms with Gasteiger partial charge in [0.1, 0.15) is 0 Å². The summed E-state index contributed by atoms with van der Waals surface area (Å²) in [6.07, 6.45) is 0.701. The molecule has 1 aliphatic rings. The highest BCUT2D eigenvalue weighted by atomic mass is 79.9. The molecule has 21 heavy (non-hydrogen) atoms. The van der Waals surface area contributed by atoms with E-state index in [2.05, 4.69) is 49.8 Å². The van der Waals surface area contributed by atoms with Crippen LogP contribution in [0.1, 0.15) is 41.0 Å². The lowest BCUT2D eigenvalue weighted by atomic mass is 9.79. The van der Waals surface area contributed by atoms with Gasteiger partial charge in [0.2, 0.25) is 5.91 Å². The van der Waals surface area contributed by atoms with Gasteiger partial charge in [0.15, 0.2) is 14.8 Å². The maximum atomic E-state index is 12.8. The van der Waals surface area contributed by atoms with Crippen molar-refractivity contribution in [3.8, 4) is 0 Å². The molecule has 0 aromatic heterocycles. The van der Waals surface area contributed by atoms with Crippen molar-refractivity contribution in [1.82, 2.24) is 4.90 Å². The molecule has 0 aromatic carbocycles. The van der Waals surface area contributed by atoms with Crippen molar-refractivity contribution in [3.63, 3.8) is 0 Å². The minimum Gasteiger partial charge on any atom is -0.397 e. The number of rotatable bonds is 4. The topological polar surface area (TPSA) is 49.8 Å². The molecule has 0 bridgehead atoms. The highest BCUT2D eigenvalue weighted by molar-refractivity contribution is 9.10. The third-order valence-corrected chi connectivity index (χ3v) is 5.39. The number of carbonyl (C=O) groups is 1. The van der Waals surface area contributed by atoms with Gasteiger partial charge in [-0.15, -0.1) is 0 Å². The number of likely N-dealkylation sites (tertiary alicyclic amines) is 1. The van der Waals surface area contributed by atoms with E-state index in [1.165, 1.54) is 0 Å². The van der Waals surface area contributed by atoms with Crippen molar-refractivity contribution in [2.75, 3.05) is 13.2 Å². The standard InChI is InChI=1S/C15H30BrNO3Si/c1-13(2,3)11-8-15(10-18,20-21(6)7)17(9-11)12(19)14(4,5)16/h11,18,21H,8-10H2,1-7H3/t11-,15-/m0/s1. The van der Waals surface area contributed by atoms with Crippen LogP contribution in [0.25, 0.3) is 0 Å². The van der Waals surface area contributed by atoms with Crippen molar-refractivity contribution >= 4 is 30.9 Å². The molecule has 0 spiro atoms. The number of amides is 1. The minimum absolute atomic E-state index is 0.0158. The van der Waals surface area contributed by atoms with Gasteiger partial charge in [-0.1, -0.05) is 36.7 Å². The van der Waals surface area contributed by atoms with Crippen LogP contribution in [0.4, 0.5) is 0 Å². The highest BCUT2D eigenvalue weighted by Gasteiger charge is 2.53. The molecule has 1 N–H and O–H groups in total. The van der Waals surface area contributed by atoms with Crippen molar-refractivity contribution in [2.45, 2.75) is 64.2 Å². The first-order valence-corrected chi connectivity index (χ1v) is 11.2. The van der Waals surface area contributed by atoms with Gasteiger partial charge in [0.25, 0.3) is 0 Å². The first kappa shape index (κ1) is 19.1. The van der Waals surface area contributed by atoms with Crippen molar-refractivity contribution < 1.29 is 14.3 Å². The Bertz CT molecular complexity index is 389. The Labute approximate surface area is 139 Å². The molecule has 2 atom stereocenters. The van der Waals surface area contributed by atoms with Crippen LogP contribution in [0.2, 0.25) is 13.1 Å². The Hall–Kier alpha value is 0.0869. The number of aliphatic hydroxyl groups excluding tert-OH is 1. The first-order chi connectivity index (χ1) is 9.33. The molecule has 1 amide bonds. The summed E-state index contributed by atoms with van der Waals surface area (Å²) in [7, 11) is -1.39. The van der Waals surface area contributed by atoms with Crippen LogP contribution in [0.15, 0.2) is 0 Å². The van der Waals surface area contributed by atoms with Gasteiger partial charge in [-0.05, 0) is 38.3 Å². The SMILES string of the molecule is C[SiH](C)O[C@]1(CO)C[C@H](C(C)(C)C)CN1C(=O)C(C)(C)Br. The molecule has 6 heteroatoms. The number of halogens is 1. The molecule has 0 aliphatic carbocycles. The second-order valence-corrected chi connectivity index (χ2v) is 12.2. The lowest BCUT2D eigenvalue weighted by Crippen LogP contribution is -2.57. The average molecular weight is 380 g/mol. The van der Waals surface area contributed by atoms with Crippen molar-refractivity contribution in [3.05, 3.63) is 0 Å². The summed E-state index contributed by atoms with van der Waals surface area (Å²) < 4.78 is 5.52. The second kappa shape index (κ2) is 6.30. The molecule has 1 heterocycles. The summed E-state index contributed by atoms with van der Waals surface area (Å²) in [5, 5.41) is 10.0.